The Bertz CT molecular complexity index is 373. The predicted octanol–water partition coefficient (Wildman–Crippen LogP) is 2.98. The molecule has 0 heterocycles. The van der Waals surface area contributed by atoms with E-state index in [9.17, 15) is 4.79 Å². The Labute approximate surface area is 109 Å². The molecule has 18 heavy (non-hydrogen) atoms. The Hall–Kier alpha value is -1.77. The molecule has 0 atom stereocenters. The summed E-state index contributed by atoms with van der Waals surface area (Å²) in [6.07, 6.45) is 6.37. The summed E-state index contributed by atoms with van der Waals surface area (Å²) in [5.74, 6) is -0.138. The van der Waals surface area contributed by atoms with Crippen LogP contribution in [0.25, 0.3) is 0 Å². The molecule has 1 aromatic carbocycles. The highest BCUT2D eigenvalue weighted by molar-refractivity contribution is 5.68. The van der Waals surface area contributed by atoms with Gasteiger partial charge in [-0.25, -0.2) is 0 Å². The van der Waals surface area contributed by atoms with Crippen molar-refractivity contribution in [3.8, 4) is 0 Å². The molecule has 0 aliphatic carbocycles. The number of carbonyl (C=O) groups is 1. The number of rotatable bonds is 7. The second-order valence-electron chi connectivity index (χ2n) is 4.25. The number of hydrogen-bond donors (Lipinski definition) is 0. The van der Waals surface area contributed by atoms with Crippen molar-refractivity contribution in [3.63, 3.8) is 0 Å². The topological polar surface area (TPSA) is 29.5 Å². The lowest BCUT2D eigenvalue weighted by Gasteiger charge is -2.13. The normalized spacial score (nSPS) is 10.6. The van der Waals surface area contributed by atoms with Gasteiger partial charge in [-0.3, -0.25) is 4.79 Å². The first kappa shape index (κ1) is 14.3. The van der Waals surface area contributed by atoms with Crippen LogP contribution in [0, 0.1) is 0 Å². The van der Waals surface area contributed by atoms with Gasteiger partial charge in [-0.05, 0) is 24.6 Å². The maximum absolute atomic E-state index is 10.9. The Morgan fingerprint density at radius 3 is 2.72 bits per heavy atom. The van der Waals surface area contributed by atoms with Crippen LogP contribution in [-0.4, -0.2) is 25.0 Å². The second-order valence-corrected chi connectivity index (χ2v) is 4.25. The molecule has 1 rings (SSSR count). The summed E-state index contributed by atoms with van der Waals surface area (Å²) < 4.78 is 4.58. The molecule has 0 aliphatic heterocycles. The van der Waals surface area contributed by atoms with Gasteiger partial charge in [0.2, 0.25) is 0 Å². The number of methoxy groups -OCH3 is 1. The van der Waals surface area contributed by atoms with Gasteiger partial charge in [-0.1, -0.05) is 36.4 Å². The third-order valence-corrected chi connectivity index (χ3v) is 2.61. The molecule has 0 radical (unpaired) electrons. The Kier molecular flexibility index (Phi) is 6.62. The summed E-state index contributed by atoms with van der Waals surface area (Å²) in [7, 11) is 3.47. The van der Waals surface area contributed by atoms with Gasteiger partial charge in [0.1, 0.15) is 0 Å². The van der Waals surface area contributed by atoms with Crippen molar-refractivity contribution < 1.29 is 9.53 Å². The zero-order valence-electron chi connectivity index (χ0n) is 11.1. The van der Waals surface area contributed by atoms with E-state index in [1.807, 2.05) is 25.2 Å². The molecule has 98 valence electrons. The molecule has 0 saturated carbocycles. The van der Waals surface area contributed by atoms with E-state index >= 15 is 0 Å². The minimum absolute atomic E-state index is 0.138. The SMILES string of the molecule is COC(=O)CCC/C=C/N(C)Cc1ccccc1. The standard InChI is InChI=1S/C15H21NO2/c1-16(13-14-9-5-3-6-10-14)12-8-4-7-11-15(17)18-2/h3,5-6,8-10,12H,4,7,11,13H2,1-2H3/b12-8+. The van der Waals surface area contributed by atoms with Gasteiger partial charge in [-0.15, -0.1) is 0 Å². The second kappa shape index (κ2) is 8.34. The van der Waals surface area contributed by atoms with Gasteiger partial charge < -0.3 is 9.64 Å². The van der Waals surface area contributed by atoms with E-state index in [1.54, 1.807) is 0 Å². The minimum atomic E-state index is -0.138. The molecule has 0 bridgehead atoms. The van der Waals surface area contributed by atoms with Crippen molar-refractivity contribution in [1.29, 1.82) is 0 Å². The van der Waals surface area contributed by atoms with Gasteiger partial charge in [0.15, 0.2) is 0 Å². The van der Waals surface area contributed by atoms with E-state index in [1.165, 1.54) is 12.7 Å². The van der Waals surface area contributed by atoms with Crippen LogP contribution in [0.4, 0.5) is 0 Å². The third kappa shape index (κ3) is 6.09. The smallest absolute Gasteiger partial charge is 0.305 e. The molecule has 0 spiro atoms. The van der Waals surface area contributed by atoms with Crippen LogP contribution < -0.4 is 0 Å². The van der Waals surface area contributed by atoms with Crippen LogP contribution in [0.1, 0.15) is 24.8 Å². The van der Waals surface area contributed by atoms with Crippen molar-refractivity contribution in [1.82, 2.24) is 4.90 Å². The van der Waals surface area contributed by atoms with E-state index in [-0.39, 0.29) is 5.97 Å². The maximum Gasteiger partial charge on any atom is 0.305 e. The number of allylic oxidation sites excluding steroid dienone is 1. The summed E-state index contributed by atoms with van der Waals surface area (Å²) in [4.78, 5) is 13.0. The molecular weight excluding hydrogens is 226 g/mol. The number of unbranched alkanes of at least 4 members (excludes halogenated alkanes) is 1. The number of hydrogen-bond acceptors (Lipinski definition) is 3. The monoisotopic (exact) mass is 247 g/mol. The molecule has 0 unspecified atom stereocenters. The van der Waals surface area contributed by atoms with Crippen molar-refractivity contribution in [2.45, 2.75) is 25.8 Å². The molecule has 0 aromatic heterocycles. The van der Waals surface area contributed by atoms with Crippen LogP contribution in [-0.2, 0) is 16.1 Å². The van der Waals surface area contributed by atoms with E-state index in [0.29, 0.717) is 6.42 Å². The lowest BCUT2D eigenvalue weighted by atomic mass is 10.2. The third-order valence-electron chi connectivity index (χ3n) is 2.61. The zero-order valence-corrected chi connectivity index (χ0v) is 11.1. The van der Waals surface area contributed by atoms with Crippen molar-refractivity contribution in [2.75, 3.05) is 14.2 Å². The number of benzene rings is 1. The van der Waals surface area contributed by atoms with Crippen molar-refractivity contribution >= 4 is 5.97 Å². The average molecular weight is 247 g/mol. The first-order valence-electron chi connectivity index (χ1n) is 6.20. The highest BCUT2D eigenvalue weighted by atomic mass is 16.5. The predicted molar refractivity (Wildman–Crippen MR) is 72.9 cm³/mol. The summed E-state index contributed by atoms with van der Waals surface area (Å²) in [5.41, 5.74) is 1.29. The Balaban J connectivity index is 2.20. The number of ether oxygens (including phenoxy) is 1. The molecule has 0 fully saturated rings. The first-order chi connectivity index (χ1) is 8.72. The van der Waals surface area contributed by atoms with E-state index in [0.717, 1.165) is 19.4 Å². The van der Waals surface area contributed by atoms with Crippen LogP contribution in [0.2, 0.25) is 0 Å². The summed E-state index contributed by atoms with van der Waals surface area (Å²) in [6.45, 7) is 0.897. The largest absolute Gasteiger partial charge is 0.469 e. The van der Waals surface area contributed by atoms with Crippen LogP contribution >= 0.6 is 0 Å². The van der Waals surface area contributed by atoms with E-state index < -0.39 is 0 Å². The van der Waals surface area contributed by atoms with Gasteiger partial charge in [0.25, 0.3) is 0 Å². The molecule has 3 nitrogen and oxygen atoms in total. The Morgan fingerprint density at radius 2 is 2.06 bits per heavy atom. The Morgan fingerprint density at radius 1 is 1.33 bits per heavy atom. The van der Waals surface area contributed by atoms with Crippen LogP contribution in [0.5, 0.6) is 0 Å². The van der Waals surface area contributed by atoms with Gasteiger partial charge in [-0.2, -0.15) is 0 Å². The number of carbonyl (C=O) groups excluding carboxylic acids is 1. The summed E-state index contributed by atoms with van der Waals surface area (Å²) in [5, 5.41) is 0. The summed E-state index contributed by atoms with van der Waals surface area (Å²) >= 11 is 0. The van der Waals surface area contributed by atoms with Crippen molar-refractivity contribution in [3.05, 3.63) is 48.2 Å². The minimum Gasteiger partial charge on any atom is -0.469 e. The molecule has 3 heteroatoms. The molecule has 0 amide bonds. The molecule has 0 aliphatic rings. The quantitative estimate of drug-likeness (QED) is 0.548. The van der Waals surface area contributed by atoms with Gasteiger partial charge >= 0.3 is 5.97 Å². The van der Waals surface area contributed by atoms with Gasteiger partial charge in [0, 0.05) is 20.0 Å². The molecule has 0 saturated heterocycles. The van der Waals surface area contributed by atoms with Crippen LogP contribution in [0.3, 0.4) is 0 Å². The van der Waals surface area contributed by atoms with Crippen molar-refractivity contribution in [2.24, 2.45) is 0 Å². The van der Waals surface area contributed by atoms with E-state index in [4.69, 9.17) is 0 Å². The highest BCUT2D eigenvalue weighted by Gasteiger charge is 1.97. The molecule has 0 N–H and O–H groups in total. The molecule has 1 aromatic rings. The van der Waals surface area contributed by atoms with E-state index in [2.05, 4.69) is 34.0 Å². The lowest BCUT2D eigenvalue weighted by Crippen LogP contribution is -2.09. The lowest BCUT2D eigenvalue weighted by molar-refractivity contribution is -0.140. The maximum atomic E-state index is 10.9. The van der Waals surface area contributed by atoms with Crippen LogP contribution in [0.15, 0.2) is 42.6 Å². The highest BCUT2D eigenvalue weighted by Crippen LogP contribution is 2.04. The fourth-order valence-corrected chi connectivity index (χ4v) is 1.64. The fraction of sp³-hybridized carbons (Fsp3) is 0.400. The number of nitrogens with zero attached hydrogens (tertiary/aromatic N) is 1. The van der Waals surface area contributed by atoms with Gasteiger partial charge in [0.05, 0.1) is 7.11 Å². The first-order valence-corrected chi connectivity index (χ1v) is 6.20. The number of esters is 1. The summed E-state index contributed by atoms with van der Waals surface area (Å²) in [6, 6.07) is 10.3. The fourth-order valence-electron chi connectivity index (χ4n) is 1.64. The average Bonchev–Trinajstić information content (AvgIpc) is 2.39. The zero-order chi connectivity index (χ0) is 13.2. The molecular formula is C15H21NO2.